The second-order valence-electron chi connectivity index (χ2n) is 8.92. The molecule has 2 aromatic carbocycles. The first-order valence-electron chi connectivity index (χ1n) is 11.1. The first-order chi connectivity index (χ1) is 14.9. The van der Waals surface area contributed by atoms with E-state index in [2.05, 4.69) is 22.2 Å². The number of fused-ring (bicyclic) bond motifs is 1. The van der Waals surface area contributed by atoms with Crippen LogP contribution in [0.1, 0.15) is 61.1 Å². The van der Waals surface area contributed by atoms with Crippen LogP contribution >= 0.6 is 0 Å². The molecule has 31 heavy (non-hydrogen) atoms. The minimum atomic E-state index is -3.98. The van der Waals surface area contributed by atoms with Gasteiger partial charge in [-0.15, -0.1) is 0 Å². The molecule has 0 atom stereocenters. The Labute approximate surface area is 183 Å². The molecular formula is C24H28N2O4S. The number of amides is 1. The van der Waals surface area contributed by atoms with Gasteiger partial charge in [0.25, 0.3) is 10.0 Å². The average molecular weight is 441 g/mol. The number of rotatable bonds is 6. The summed E-state index contributed by atoms with van der Waals surface area (Å²) in [6, 6.07) is 11.2. The summed E-state index contributed by atoms with van der Waals surface area (Å²) < 4.78 is 34.6. The molecule has 0 spiro atoms. The van der Waals surface area contributed by atoms with Crippen LogP contribution in [0, 0.1) is 0 Å². The average Bonchev–Trinajstić information content (AvgIpc) is 3.57. The smallest absolute Gasteiger partial charge is 0.264 e. The molecule has 7 heteroatoms. The van der Waals surface area contributed by atoms with Gasteiger partial charge in [0.05, 0.1) is 17.4 Å². The maximum Gasteiger partial charge on any atom is 0.264 e. The molecule has 2 aromatic rings. The van der Waals surface area contributed by atoms with Crippen molar-refractivity contribution in [1.29, 1.82) is 0 Å². The van der Waals surface area contributed by atoms with Gasteiger partial charge in [0.1, 0.15) is 5.75 Å². The predicted molar refractivity (Wildman–Crippen MR) is 119 cm³/mol. The number of hydrogen-bond donors (Lipinski definition) is 2. The summed E-state index contributed by atoms with van der Waals surface area (Å²) in [5.41, 5.74) is 2.75. The second kappa shape index (κ2) is 7.55. The molecule has 1 aliphatic heterocycles. The largest absolute Gasteiger partial charge is 0.496 e. The Morgan fingerprint density at radius 2 is 1.97 bits per heavy atom. The summed E-state index contributed by atoms with van der Waals surface area (Å²) in [6.45, 7) is 0.823. The van der Waals surface area contributed by atoms with Crippen LogP contribution in [0.5, 0.6) is 5.75 Å². The van der Waals surface area contributed by atoms with Crippen LogP contribution in [0.4, 0.5) is 5.69 Å². The minimum Gasteiger partial charge on any atom is -0.496 e. The van der Waals surface area contributed by atoms with Crippen molar-refractivity contribution in [3.8, 4) is 5.75 Å². The van der Waals surface area contributed by atoms with Gasteiger partial charge in [-0.05, 0) is 73.8 Å². The SMILES string of the molecule is COc1ccc(C2CC2)cc1C1(C(=O)NS(=O)(=O)c2cccc3c2CCCN3)CCC1. The van der Waals surface area contributed by atoms with E-state index in [1.807, 2.05) is 12.1 Å². The van der Waals surface area contributed by atoms with Crippen LogP contribution in [-0.2, 0) is 26.7 Å². The quantitative estimate of drug-likeness (QED) is 0.713. The van der Waals surface area contributed by atoms with E-state index in [4.69, 9.17) is 4.74 Å². The fourth-order valence-corrected chi connectivity index (χ4v) is 6.27. The van der Waals surface area contributed by atoms with Gasteiger partial charge in [0, 0.05) is 17.8 Å². The lowest BCUT2D eigenvalue weighted by Gasteiger charge is -2.41. The van der Waals surface area contributed by atoms with Gasteiger partial charge in [0.15, 0.2) is 0 Å². The van der Waals surface area contributed by atoms with Gasteiger partial charge in [-0.2, -0.15) is 0 Å². The van der Waals surface area contributed by atoms with Crippen LogP contribution in [0.25, 0.3) is 0 Å². The van der Waals surface area contributed by atoms with Crippen LogP contribution in [0.15, 0.2) is 41.3 Å². The topological polar surface area (TPSA) is 84.5 Å². The van der Waals surface area contributed by atoms with Crippen molar-refractivity contribution >= 4 is 21.6 Å². The number of carbonyl (C=O) groups excluding carboxylic acids is 1. The number of methoxy groups -OCH3 is 1. The van der Waals surface area contributed by atoms with Gasteiger partial charge >= 0.3 is 0 Å². The van der Waals surface area contributed by atoms with Crippen molar-refractivity contribution in [2.24, 2.45) is 0 Å². The molecule has 0 radical (unpaired) electrons. The highest BCUT2D eigenvalue weighted by atomic mass is 32.2. The monoisotopic (exact) mass is 440 g/mol. The summed E-state index contributed by atoms with van der Waals surface area (Å²) in [4.78, 5) is 13.7. The van der Waals surface area contributed by atoms with Gasteiger partial charge in [0.2, 0.25) is 5.91 Å². The number of sulfonamides is 1. The van der Waals surface area contributed by atoms with Gasteiger partial charge in [-0.3, -0.25) is 4.79 Å². The summed E-state index contributed by atoms with van der Waals surface area (Å²) in [5.74, 6) is 0.737. The number of nitrogens with one attached hydrogen (secondary N) is 2. The normalized spacial score (nSPS) is 19.5. The molecule has 2 aliphatic carbocycles. The molecule has 164 valence electrons. The van der Waals surface area contributed by atoms with E-state index >= 15 is 0 Å². The first-order valence-corrected chi connectivity index (χ1v) is 12.5. The van der Waals surface area contributed by atoms with Gasteiger partial charge < -0.3 is 10.1 Å². The van der Waals surface area contributed by atoms with Crippen molar-refractivity contribution in [1.82, 2.24) is 4.72 Å². The summed E-state index contributed by atoms with van der Waals surface area (Å²) in [7, 11) is -2.39. The Kier molecular flexibility index (Phi) is 4.96. The van der Waals surface area contributed by atoms with Crippen LogP contribution in [-0.4, -0.2) is 28.0 Å². The zero-order valence-corrected chi connectivity index (χ0v) is 18.6. The molecule has 2 saturated carbocycles. The Bertz CT molecular complexity index is 1130. The van der Waals surface area contributed by atoms with E-state index in [-0.39, 0.29) is 4.90 Å². The summed E-state index contributed by atoms with van der Waals surface area (Å²) in [6.07, 6.45) is 5.98. The fourth-order valence-electron chi connectivity index (χ4n) is 4.92. The lowest BCUT2D eigenvalue weighted by atomic mass is 9.63. The Balaban J connectivity index is 1.49. The third kappa shape index (κ3) is 3.49. The zero-order valence-electron chi connectivity index (χ0n) is 17.7. The fraction of sp³-hybridized carbons (Fsp3) is 0.458. The van der Waals surface area contributed by atoms with E-state index in [9.17, 15) is 13.2 Å². The molecule has 1 amide bonds. The molecule has 0 aromatic heterocycles. The van der Waals surface area contributed by atoms with E-state index in [1.54, 1.807) is 19.2 Å². The maximum absolute atomic E-state index is 13.5. The zero-order chi connectivity index (χ0) is 21.6. The molecule has 6 nitrogen and oxygen atoms in total. The summed E-state index contributed by atoms with van der Waals surface area (Å²) >= 11 is 0. The highest BCUT2D eigenvalue weighted by molar-refractivity contribution is 7.90. The van der Waals surface area contributed by atoms with E-state index < -0.39 is 21.3 Å². The van der Waals surface area contributed by atoms with Crippen molar-refractivity contribution in [2.45, 2.75) is 61.2 Å². The third-order valence-corrected chi connectivity index (χ3v) is 8.41. The Hall–Kier alpha value is -2.54. The number of carbonyl (C=O) groups is 1. The van der Waals surface area contributed by atoms with E-state index in [1.165, 1.54) is 5.56 Å². The number of ether oxygens (including phenoxy) is 1. The van der Waals surface area contributed by atoms with Gasteiger partial charge in [-0.1, -0.05) is 24.6 Å². The molecule has 2 N–H and O–H groups in total. The van der Waals surface area contributed by atoms with Crippen molar-refractivity contribution in [3.63, 3.8) is 0 Å². The Morgan fingerprint density at radius 1 is 1.16 bits per heavy atom. The van der Waals surface area contributed by atoms with Crippen LogP contribution in [0.3, 0.4) is 0 Å². The molecular weight excluding hydrogens is 412 g/mol. The molecule has 2 fully saturated rings. The van der Waals surface area contributed by atoms with Crippen molar-refractivity contribution in [3.05, 3.63) is 53.1 Å². The molecule has 1 heterocycles. The maximum atomic E-state index is 13.5. The Morgan fingerprint density at radius 3 is 2.65 bits per heavy atom. The van der Waals surface area contributed by atoms with E-state index in [0.717, 1.165) is 49.0 Å². The standard InChI is InChI=1S/C24H28N2O4S/c1-30-21-11-10-17(16-8-9-16)15-19(21)24(12-4-13-24)23(27)26-31(28,29)22-7-2-6-20-18(22)5-3-14-25-20/h2,6-7,10-11,15-16,25H,3-5,8-9,12-14H2,1H3,(H,26,27). The number of anilines is 1. The molecule has 0 bridgehead atoms. The molecule has 0 unspecified atom stereocenters. The number of hydrogen-bond acceptors (Lipinski definition) is 5. The van der Waals surface area contributed by atoms with E-state index in [0.29, 0.717) is 30.9 Å². The van der Waals surface area contributed by atoms with Gasteiger partial charge in [-0.25, -0.2) is 13.1 Å². The predicted octanol–water partition coefficient (Wildman–Crippen LogP) is 3.86. The van der Waals surface area contributed by atoms with Crippen molar-refractivity contribution < 1.29 is 17.9 Å². The second-order valence-corrected chi connectivity index (χ2v) is 10.6. The number of benzene rings is 2. The third-order valence-electron chi connectivity index (χ3n) is 7.00. The van der Waals surface area contributed by atoms with Crippen molar-refractivity contribution in [2.75, 3.05) is 19.0 Å². The highest BCUT2D eigenvalue weighted by Crippen LogP contribution is 2.50. The van der Waals surface area contributed by atoms with Crippen LogP contribution < -0.4 is 14.8 Å². The lowest BCUT2D eigenvalue weighted by molar-refractivity contribution is -0.128. The first kappa shape index (κ1) is 20.4. The molecule has 0 saturated heterocycles. The summed E-state index contributed by atoms with van der Waals surface area (Å²) in [5, 5.41) is 3.25. The molecule has 5 rings (SSSR count). The molecule has 3 aliphatic rings. The minimum absolute atomic E-state index is 0.193. The van der Waals surface area contributed by atoms with Crippen LogP contribution in [0.2, 0.25) is 0 Å². The lowest BCUT2D eigenvalue weighted by Crippen LogP contribution is -2.51. The highest BCUT2D eigenvalue weighted by Gasteiger charge is 2.49.